The molecule has 20 heavy (non-hydrogen) atoms. The van der Waals surface area contributed by atoms with Crippen molar-refractivity contribution in [3.05, 3.63) is 30.2 Å². The van der Waals surface area contributed by atoms with Gasteiger partial charge in [-0.2, -0.15) is 0 Å². The highest BCUT2D eigenvalue weighted by atomic mass is 16.6. The molecule has 104 valence electrons. The molecule has 0 atom stereocenters. The Kier molecular flexibility index (Phi) is 3.50. The second kappa shape index (κ2) is 5.45. The van der Waals surface area contributed by atoms with Crippen LogP contribution in [0.15, 0.2) is 33.8 Å². The van der Waals surface area contributed by atoms with E-state index >= 15 is 0 Å². The lowest BCUT2D eigenvalue weighted by Crippen LogP contribution is -2.23. The van der Waals surface area contributed by atoms with Gasteiger partial charge in [-0.15, -0.1) is 0 Å². The van der Waals surface area contributed by atoms with Crippen LogP contribution < -0.4 is 0 Å². The molecule has 5 nitrogen and oxygen atoms in total. The van der Waals surface area contributed by atoms with Crippen LogP contribution in [0, 0.1) is 5.92 Å². The van der Waals surface area contributed by atoms with E-state index in [-0.39, 0.29) is 23.3 Å². The maximum absolute atomic E-state index is 12.5. The van der Waals surface area contributed by atoms with Crippen molar-refractivity contribution in [2.24, 2.45) is 11.1 Å². The zero-order valence-corrected chi connectivity index (χ0v) is 11.3. The summed E-state index contributed by atoms with van der Waals surface area (Å²) in [6, 6.07) is 7.40. The minimum absolute atomic E-state index is 0.0129. The van der Waals surface area contributed by atoms with E-state index in [1.165, 1.54) is 7.11 Å². The van der Waals surface area contributed by atoms with Gasteiger partial charge in [-0.1, -0.05) is 30.1 Å². The number of Topliss-reactive ketones (excluding diaryl/α,β-unsaturated/α-hetero) is 1. The predicted molar refractivity (Wildman–Crippen MR) is 74.5 cm³/mol. The van der Waals surface area contributed by atoms with Crippen LogP contribution in [-0.4, -0.2) is 23.6 Å². The van der Waals surface area contributed by atoms with E-state index in [1.54, 1.807) is 0 Å². The van der Waals surface area contributed by atoms with E-state index in [0.717, 1.165) is 25.7 Å². The second-order valence-electron chi connectivity index (χ2n) is 4.95. The molecule has 0 unspecified atom stereocenters. The fourth-order valence-corrected chi connectivity index (χ4v) is 2.64. The van der Waals surface area contributed by atoms with Crippen molar-refractivity contribution in [1.29, 1.82) is 0 Å². The molecule has 1 heterocycles. The summed E-state index contributed by atoms with van der Waals surface area (Å²) in [6.07, 6.45) is 3.98. The van der Waals surface area contributed by atoms with Crippen LogP contribution in [-0.2, 0) is 9.63 Å². The Balaban J connectivity index is 1.97. The summed E-state index contributed by atoms with van der Waals surface area (Å²) in [5.74, 6) is 0.222. The number of ketones is 1. The van der Waals surface area contributed by atoms with Gasteiger partial charge in [-0.05, 0) is 25.0 Å². The highest BCUT2D eigenvalue weighted by molar-refractivity contribution is 6.45. The van der Waals surface area contributed by atoms with Gasteiger partial charge < -0.3 is 9.25 Å². The zero-order valence-electron chi connectivity index (χ0n) is 11.3. The van der Waals surface area contributed by atoms with Crippen LogP contribution in [0.1, 0.15) is 31.6 Å². The van der Waals surface area contributed by atoms with E-state index in [9.17, 15) is 4.79 Å². The lowest BCUT2D eigenvalue weighted by molar-refractivity contribution is -0.116. The van der Waals surface area contributed by atoms with Gasteiger partial charge >= 0.3 is 0 Å². The van der Waals surface area contributed by atoms with Gasteiger partial charge in [0.25, 0.3) is 5.89 Å². The van der Waals surface area contributed by atoms with E-state index in [1.807, 2.05) is 24.3 Å². The molecule has 3 rings (SSSR count). The first kappa shape index (κ1) is 12.8. The molecule has 1 aliphatic rings. The lowest BCUT2D eigenvalue weighted by Gasteiger charge is -2.07. The first-order valence-corrected chi connectivity index (χ1v) is 6.81. The smallest absolute Gasteiger partial charge is 0.253 e. The van der Waals surface area contributed by atoms with Crippen LogP contribution in [0.4, 0.5) is 0 Å². The molecule has 0 spiro atoms. The molecule has 0 amide bonds. The fourth-order valence-electron chi connectivity index (χ4n) is 2.64. The van der Waals surface area contributed by atoms with E-state index in [0.29, 0.717) is 11.1 Å². The van der Waals surface area contributed by atoms with Crippen molar-refractivity contribution in [1.82, 2.24) is 4.98 Å². The van der Waals surface area contributed by atoms with Crippen molar-refractivity contribution in [2.75, 3.05) is 7.11 Å². The Morgan fingerprint density at radius 3 is 2.80 bits per heavy atom. The number of hydrogen-bond donors (Lipinski definition) is 0. The normalized spacial score (nSPS) is 16.8. The molecule has 0 saturated heterocycles. The Hall–Kier alpha value is -2.17. The first-order valence-electron chi connectivity index (χ1n) is 6.81. The van der Waals surface area contributed by atoms with Crippen LogP contribution in [0.3, 0.4) is 0 Å². The van der Waals surface area contributed by atoms with Crippen LogP contribution in [0.2, 0.25) is 0 Å². The number of oxime groups is 1. The number of fused-ring (bicyclic) bond motifs is 1. The van der Waals surface area contributed by atoms with Crippen LogP contribution in [0.25, 0.3) is 11.1 Å². The molecule has 0 bridgehead atoms. The summed E-state index contributed by atoms with van der Waals surface area (Å²) in [7, 11) is 1.42. The average molecular weight is 272 g/mol. The molecule has 0 aliphatic heterocycles. The molecule has 1 aromatic heterocycles. The Labute approximate surface area is 116 Å². The summed E-state index contributed by atoms with van der Waals surface area (Å²) >= 11 is 0. The molecule has 0 radical (unpaired) electrons. The maximum atomic E-state index is 12.5. The van der Waals surface area contributed by atoms with Crippen molar-refractivity contribution < 1.29 is 14.0 Å². The second-order valence-corrected chi connectivity index (χ2v) is 4.95. The predicted octanol–water partition coefficient (Wildman–Crippen LogP) is 2.94. The van der Waals surface area contributed by atoms with Crippen molar-refractivity contribution in [2.45, 2.75) is 25.7 Å². The quantitative estimate of drug-likeness (QED) is 0.634. The van der Waals surface area contributed by atoms with E-state index in [2.05, 4.69) is 10.1 Å². The Morgan fingerprint density at radius 1 is 1.35 bits per heavy atom. The lowest BCUT2D eigenvalue weighted by atomic mass is 9.99. The molecular formula is C15H16N2O3. The maximum Gasteiger partial charge on any atom is 0.253 e. The van der Waals surface area contributed by atoms with Crippen LogP contribution >= 0.6 is 0 Å². The summed E-state index contributed by atoms with van der Waals surface area (Å²) < 4.78 is 5.62. The van der Waals surface area contributed by atoms with Gasteiger partial charge in [0.1, 0.15) is 12.6 Å². The van der Waals surface area contributed by atoms with Gasteiger partial charge in [0.05, 0.1) is 0 Å². The van der Waals surface area contributed by atoms with Crippen molar-refractivity contribution in [3.8, 4) is 0 Å². The summed E-state index contributed by atoms with van der Waals surface area (Å²) in [5.41, 5.74) is 1.55. The summed E-state index contributed by atoms with van der Waals surface area (Å²) in [5, 5.41) is 3.85. The standard InChI is InChI=1S/C15H16N2O3/c1-19-17-13(14(18)10-6-2-3-7-10)15-16-11-8-4-5-9-12(11)20-15/h4-5,8-10H,2-3,6-7H2,1H3/b17-13+. The van der Waals surface area contributed by atoms with E-state index < -0.39 is 0 Å². The number of nitrogens with zero attached hydrogens (tertiary/aromatic N) is 2. The molecule has 5 heteroatoms. The Bertz CT molecular complexity index is 621. The number of carbonyl (C=O) groups excluding carboxylic acids is 1. The van der Waals surface area contributed by atoms with Gasteiger partial charge in [0.15, 0.2) is 11.4 Å². The number of rotatable bonds is 4. The topological polar surface area (TPSA) is 64.7 Å². The SMILES string of the molecule is CO/N=C(\C(=O)C1CCCC1)c1nc2ccccc2o1. The monoisotopic (exact) mass is 272 g/mol. The molecule has 1 saturated carbocycles. The molecule has 1 fully saturated rings. The number of benzene rings is 1. The number of carbonyl (C=O) groups is 1. The number of oxazole rings is 1. The minimum atomic E-state index is -0.0316. The molecular weight excluding hydrogens is 256 g/mol. The summed E-state index contributed by atoms with van der Waals surface area (Å²) in [6.45, 7) is 0. The molecule has 0 N–H and O–H groups in total. The van der Waals surface area contributed by atoms with Gasteiger partial charge in [0, 0.05) is 5.92 Å². The zero-order chi connectivity index (χ0) is 13.9. The highest BCUT2D eigenvalue weighted by Crippen LogP contribution is 2.27. The number of aromatic nitrogens is 1. The van der Waals surface area contributed by atoms with E-state index in [4.69, 9.17) is 9.25 Å². The number of para-hydroxylation sites is 2. The largest absolute Gasteiger partial charge is 0.435 e. The van der Waals surface area contributed by atoms with Crippen molar-refractivity contribution >= 4 is 22.6 Å². The first-order chi connectivity index (χ1) is 9.79. The molecule has 2 aromatic rings. The Morgan fingerprint density at radius 2 is 2.10 bits per heavy atom. The van der Waals surface area contributed by atoms with Crippen LogP contribution in [0.5, 0.6) is 0 Å². The fraction of sp³-hybridized carbons (Fsp3) is 0.400. The minimum Gasteiger partial charge on any atom is -0.435 e. The van der Waals surface area contributed by atoms with Gasteiger partial charge in [0.2, 0.25) is 5.71 Å². The molecule has 1 aliphatic carbocycles. The third-order valence-corrected chi connectivity index (χ3v) is 3.64. The number of hydrogen-bond acceptors (Lipinski definition) is 5. The average Bonchev–Trinajstić information content (AvgIpc) is 3.12. The van der Waals surface area contributed by atoms with Gasteiger partial charge in [-0.25, -0.2) is 4.98 Å². The molecule has 1 aromatic carbocycles. The highest BCUT2D eigenvalue weighted by Gasteiger charge is 2.30. The summed E-state index contributed by atoms with van der Waals surface area (Å²) in [4.78, 5) is 21.6. The third-order valence-electron chi connectivity index (χ3n) is 3.64. The van der Waals surface area contributed by atoms with Crippen molar-refractivity contribution in [3.63, 3.8) is 0 Å². The third kappa shape index (κ3) is 2.31. The van der Waals surface area contributed by atoms with Gasteiger partial charge in [-0.3, -0.25) is 4.79 Å².